The van der Waals surface area contributed by atoms with E-state index in [1.807, 2.05) is 48.0 Å². The Hall–Kier alpha value is -2.69. The Morgan fingerprint density at radius 2 is 2.18 bits per heavy atom. The average molecular weight is 295 g/mol. The van der Waals surface area contributed by atoms with E-state index in [2.05, 4.69) is 5.32 Å². The molecule has 0 bridgehead atoms. The number of aromatic nitrogens is 2. The molecule has 0 saturated carbocycles. The maximum Gasteiger partial charge on any atom is 0.154 e. The van der Waals surface area contributed by atoms with Gasteiger partial charge in [0.05, 0.1) is 12.9 Å². The van der Waals surface area contributed by atoms with Crippen molar-refractivity contribution in [3.8, 4) is 22.9 Å². The molecule has 0 unspecified atom stereocenters. The maximum absolute atomic E-state index is 5.74. The molecule has 0 spiro atoms. The number of rotatable bonds is 4. The number of para-hydroxylation sites is 2. The summed E-state index contributed by atoms with van der Waals surface area (Å²) in [7, 11) is 0. The van der Waals surface area contributed by atoms with Crippen LogP contribution in [0, 0.1) is 0 Å². The second-order valence-electron chi connectivity index (χ2n) is 5.14. The highest BCUT2D eigenvalue weighted by molar-refractivity contribution is 5.70. The smallest absolute Gasteiger partial charge is 0.154 e. The summed E-state index contributed by atoms with van der Waals surface area (Å²) < 4.78 is 13.2. The first-order valence-electron chi connectivity index (χ1n) is 7.50. The Bertz CT molecular complexity index is 790. The first kappa shape index (κ1) is 13.0. The molecular weight excluding hydrogens is 278 g/mol. The molecule has 0 aliphatic carbocycles. The van der Waals surface area contributed by atoms with Gasteiger partial charge in [-0.25, -0.2) is 4.68 Å². The second-order valence-corrected chi connectivity index (χ2v) is 5.14. The molecule has 0 fully saturated rings. The Morgan fingerprint density at radius 1 is 1.27 bits per heavy atom. The van der Waals surface area contributed by atoms with Crippen molar-refractivity contribution in [2.24, 2.45) is 0 Å². The number of nitrogens with one attached hydrogen (secondary N) is 1. The van der Waals surface area contributed by atoms with Gasteiger partial charge in [0.25, 0.3) is 0 Å². The van der Waals surface area contributed by atoms with E-state index in [0.717, 1.165) is 41.7 Å². The van der Waals surface area contributed by atoms with E-state index in [-0.39, 0.29) is 0 Å². The van der Waals surface area contributed by atoms with Crippen LogP contribution in [0.5, 0.6) is 5.75 Å². The zero-order chi connectivity index (χ0) is 14.9. The lowest BCUT2D eigenvalue weighted by molar-refractivity contribution is 0.338. The number of hydrogen-bond acceptors (Lipinski definition) is 4. The molecule has 1 aromatic carbocycles. The van der Waals surface area contributed by atoms with Gasteiger partial charge < -0.3 is 14.5 Å². The maximum atomic E-state index is 5.74. The third-order valence-corrected chi connectivity index (χ3v) is 3.80. The Labute approximate surface area is 128 Å². The van der Waals surface area contributed by atoms with Gasteiger partial charge >= 0.3 is 0 Å². The third kappa shape index (κ3) is 1.97. The fourth-order valence-electron chi connectivity index (χ4n) is 2.87. The summed E-state index contributed by atoms with van der Waals surface area (Å²) in [4.78, 5) is 0. The molecule has 1 N–H and O–H groups in total. The molecule has 0 amide bonds. The summed E-state index contributed by atoms with van der Waals surface area (Å²) in [5.74, 6) is 2.65. The number of anilines is 1. The SMILES string of the molecule is CCOc1ccccc1-n1nc(-c2ccco2)c2c1NCC2. The molecule has 1 aliphatic rings. The quantitative estimate of drug-likeness (QED) is 0.800. The van der Waals surface area contributed by atoms with Gasteiger partial charge in [-0.15, -0.1) is 0 Å². The number of hydrogen-bond donors (Lipinski definition) is 1. The van der Waals surface area contributed by atoms with Gasteiger partial charge in [0.1, 0.15) is 22.9 Å². The fraction of sp³-hybridized carbons (Fsp3) is 0.235. The molecular formula is C17H17N3O2. The number of ether oxygens (including phenoxy) is 1. The molecule has 5 nitrogen and oxygen atoms in total. The molecule has 0 saturated heterocycles. The molecule has 3 aromatic rings. The van der Waals surface area contributed by atoms with E-state index in [1.165, 1.54) is 5.56 Å². The second kappa shape index (κ2) is 5.26. The van der Waals surface area contributed by atoms with Crippen LogP contribution in [0.3, 0.4) is 0 Å². The minimum atomic E-state index is 0.624. The number of nitrogens with zero attached hydrogens (tertiary/aromatic N) is 2. The Morgan fingerprint density at radius 3 is 3.00 bits per heavy atom. The van der Waals surface area contributed by atoms with Crippen LogP contribution < -0.4 is 10.1 Å². The van der Waals surface area contributed by atoms with Crippen molar-refractivity contribution < 1.29 is 9.15 Å². The standard InChI is InChI=1S/C17H17N3O2/c1-2-21-14-7-4-3-6-13(14)20-17-12(9-10-18-17)16(19-20)15-8-5-11-22-15/h3-8,11,18H,2,9-10H2,1H3. The highest BCUT2D eigenvalue weighted by atomic mass is 16.5. The Kier molecular flexibility index (Phi) is 3.11. The molecule has 22 heavy (non-hydrogen) atoms. The van der Waals surface area contributed by atoms with Crippen LogP contribution in [0.15, 0.2) is 47.1 Å². The minimum Gasteiger partial charge on any atom is -0.492 e. The molecule has 5 heteroatoms. The van der Waals surface area contributed by atoms with Crippen molar-refractivity contribution in [3.05, 3.63) is 48.2 Å². The van der Waals surface area contributed by atoms with E-state index in [9.17, 15) is 0 Å². The summed E-state index contributed by atoms with van der Waals surface area (Å²) in [6, 6.07) is 11.8. The summed E-state index contributed by atoms with van der Waals surface area (Å²) in [6.45, 7) is 3.52. The van der Waals surface area contributed by atoms with Gasteiger partial charge in [0.15, 0.2) is 5.76 Å². The van der Waals surface area contributed by atoms with Gasteiger partial charge in [-0.1, -0.05) is 12.1 Å². The van der Waals surface area contributed by atoms with Crippen LogP contribution in [-0.2, 0) is 6.42 Å². The van der Waals surface area contributed by atoms with Gasteiger partial charge in [-0.05, 0) is 37.6 Å². The largest absolute Gasteiger partial charge is 0.492 e. The summed E-state index contributed by atoms with van der Waals surface area (Å²) in [5, 5.41) is 8.19. The van der Waals surface area contributed by atoms with Crippen molar-refractivity contribution in [2.45, 2.75) is 13.3 Å². The Balaban J connectivity index is 1.89. The predicted molar refractivity (Wildman–Crippen MR) is 84.6 cm³/mol. The van der Waals surface area contributed by atoms with Crippen molar-refractivity contribution in [1.29, 1.82) is 0 Å². The zero-order valence-corrected chi connectivity index (χ0v) is 12.4. The fourth-order valence-corrected chi connectivity index (χ4v) is 2.87. The van der Waals surface area contributed by atoms with Crippen molar-refractivity contribution in [3.63, 3.8) is 0 Å². The van der Waals surface area contributed by atoms with Crippen LogP contribution >= 0.6 is 0 Å². The van der Waals surface area contributed by atoms with Crippen LogP contribution in [-0.4, -0.2) is 22.9 Å². The van der Waals surface area contributed by atoms with Gasteiger partial charge in [-0.2, -0.15) is 5.10 Å². The van der Waals surface area contributed by atoms with E-state index in [4.69, 9.17) is 14.3 Å². The lowest BCUT2D eigenvalue weighted by atomic mass is 10.2. The average Bonchev–Trinajstić information content (AvgIpc) is 3.25. The first-order valence-corrected chi connectivity index (χ1v) is 7.50. The van der Waals surface area contributed by atoms with Crippen LogP contribution in [0.2, 0.25) is 0 Å². The molecule has 0 atom stereocenters. The van der Waals surface area contributed by atoms with E-state index in [1.54, 1.807) is 6.26 Å². The summed E-state index contributed by atoms with van der Waals surface area (Å²) in [6.07, 6.45) is 2.62. The molecule has 0 radical (unpaired) electrons. The molecule has 3 heterocycles. The summed E-state index contributed by atoms with van der Waals surface area (Å²) >= 11 is 0. The van der Waals surface area contributed by atoms with E-state index in [0.29, 0.717) is 6.61 Å². The van der Waals surface area contributed by atoms with Crippen molar-refractivity contribution in [2.75, 3.05) is 18.5 Å². The molecule has 112 valence electrons. The minimum absolute atomic E-state index is 0.624. The number of fused-ring (bicyclic) bond motifs is 1. The highest BCUT2D eigenvalue weighted by Crippen LogP contribution is 2.36. The lowest BCUT2D eigenvalue weighted by Crippen LogP contribution is -2.06. The van der Waals surface area contributed by atoms with E-state index >= 15 is 0 Å². The van der Waals surface area contributed by atoms with Crippen LogP contribution in [0.25, 0.3) is 17.1 Å². The molecule has 1 aliphatic heterocycles. The third-order valence-electron chi connectivity index (χ3n) is 3.80. The number of benzene rings is 1. The van der Waals surface area contributed by atoms with Gasteiger partial charge in [0.2, 0.25) is 0 Å². The molecule has 4 rings (SSSR count). The van der Waals surface area contributed by atoms with Crippen molar-refractivity contribution >= 4 is 5.82 Å². The topological polar surface area (TPSA) is 52.2 Å². The van der Waals surface area contributed by atoms with E-state index < -0.39 is 0 Å². The lowest BCUT2D eigenvalue weighted by Gasteiger charge is -2.12. The highest BCUT2D eigenvalue weighted by Gasteiger charge is 2.26. The monoisotopic (exact) mass is 295 g/mol. The normalized spacial score (nSPS) is 13.0. The summed E-state index contributed by atoms with van der Waals surface area (Å²) in [5.41, 5.74) is 3.03. The first-order chi connectivity index (χ1) is 10.9. The van der Waals surface area contributed by atoms with Gasteiger partial charge in [0, 0.05) is 12.1 Å². The number of furan rings is 1. The molecule has 2 aromatic heterocycles. The van der Waals surface area contributed by atoms with Gasteiger partial charge in [-0.3, -0.25) is 0 Å². The van der Waals surface area contributed by atoms with Crippen LogP contribution in [0.1, 0.15) is 12.5 Å². The zero-order valence-electron chi connectivity index (χ0n) is 12.4. The van der Waals surface area contributed by atoms with Crippen LogP contribution in [0.4, 0.5) is 5.82 Å². The predicted octanol–water partition coefficient (Wildman–Crippen LogP) is 3.50. The van der Waals surface area contributed by atoms with Crippen molar-refractivity contribution in [1.82, 2.24) is 9.78 Å².